The first-order valence-electron chi connectivity index (χ1n) is 7.43. The van der Waals surface area contributed by atoms with Gasteiger partial charge in [0.1, 0.15) is 5.01 Å². The maximum atomic E-state index is 12.6. The number of nitrogens with zero attached hydrogens (tertiary/aromatic N) is 1. The highest BCUT2D eigenvalue weighted by Crippen LogP contribution is 2.35. The van der Waals surface area contributed by atoms with Crippen molar-refractivity contribution in [2.24, 2.45) is 0 Å². The van der Waals surface area contributed by atoms with Crippen LogP contribution in [0.5, 0.6) is 0 Å². The number of nitrogens with one attached hydrogen (secondary N) is 1. The molecule has 0 bridgehead atoms. The Morgan fingerprint density at radius 2 is 1.83 bits per heavy atom. The van der Waals surface area contributed by atoms with Crippen LogP contribution in [0.3, 0.4) is 0 Å². The van der Waals surface area contributed by atoms with Crippen molar-refractivity contribution in [1.82, 2.24) is 9.71 Å². The highest BCUT2D eigenvalue weighted by atomic mass is 32.2. The van der Waals surface area contributed by atoms with Crippen molar-refractivity contribution >= 4 is 32.7 Å². The molecule has 0 radical (unpaired) electrons. The van der Waals surface area contributed by atoms with E-state index in [9.17, 15) is 8.42 Å². The van der Waals surface area contributed by atoms with Gasteiger partial charge in [-0.3, -0.25) is 0 Å². The Kier molecular flexibility index (Phi) is 4.87. The van der Waals surface area contributed by atoms with Crippen LogP contribution in [-0.2, 0) is 16.6 Å². The molecule has 2 aromatic heterocycles. The number of thiazole rings is 1. The standard InChI is InChI=1S/C17H18N2O2S3/c1-11-4-6-14(7-5-11)9-18-24(20,21)16-8-15(23-13(16)3)17-19-12(2)10-22-17/h4-8,10,18H,9H2,1-3H3. The van der Waals surface area contributed by atoms with Crippen LogP contribution in [0.1, 0.15) is 21.7 Å². The Balaban J connectivity index is 1.81. The molecule has 3 rings (SSSR count). The van der Waals surface area contributed by atoms with E-state index in [2.05, 4.69) is 9.71 Å². The van der Waals surface area contributed by atoms with Crippen LogP contribution in [-0.4, -0.2) is 13.4 Å². The van der Waals surface area contributed by atoms with Gasteiger partial charge in [-0.1, -0.05) is 29.8 Å². The van der Waals surface area contributed by atoms with Crippen molar-refractivity contribution in [3.05, 3.63) is 57.4 Å². The van der Waals surface area contributed by atoms with Crippen molar-refractivity contribution in [3.63, 3.8) is 0 Å². The van der Waals surface area contributed by atoms with Crippen LogP contribution in [0.15, 0.2) is 40.6 Å². The van der Waals surface area contributed by atoms with E-state index in [0.29, 0.717) is 4.90 Å². The quantitative estimate of drug-likeness (QED) is 0.721. The summed E-state index contributed by atoms with van der Waals surface area (Å²) in [5, 5.41) is 2.83. The third kappa shape index (κ3) is 3.75. The van der Waals surface area contributed by atoms with Gasteiger partial charge in [0.25, 0.3) is 0 Å². The Hall–Kier alpha value is -1.54. The lowest BCUT2D eigenvalue weighted by Crippen LogP contribution is -2.23. The van der Waals surface area contributed by atoms with Crippen molar-refractivity contribution in [2.45, 2.75) is 32.2 Å². The zero-order valence-electron chi connectivity index (χ0n) is 13.7. The number of hydrogen-bond donors (Lipinski definition) is 1. The molecule has 0 saturated heterocycles. The van der Waals surface area contributed by atoms with Gasteiger partial charge in [-0.05, 0) is 32.4 Å². The largest absolute Gasteiger partial charge is 0.241 e. The van der Waals surface area contributed by atoms with Crippen LogP contribution in [0.4, 0.5) is 0 Å². The maximum Gasteiger partial charge on any atom is 0.241 e. The summed E-state index contributed by atoms with van der Waals surface area (Å²) in [5.41, 5.74) is 3.04. The van der Waals surface area contributed by atoms with E-state index in [1.807, 2.05) is 50.4 Å². The summed E-state index contributed by atoms with van der Waals surface area (Å²) in [6, 6.07) is 9.53. The lowest BCUT2D eigenvalue weighted by atomic mass is 10.2. The lowest BCUT2D eigenvalue weighted by Gasteiger charge is -2.06. The molecular weight excluding hydrogens is 360 g/mol. The smallest absolute Gasteiger partial charge is 0.241 e. The predicted molar refractivity (Wildman–Crippen MR) is 100 cm³/mol. The van der Waals surface area contributed by atoms with Gasteiger partial charge in [0.2, 0.25) is 10.0 Å². The molecule has 126 valence electrons. The highest BCUT2D eigenvalue weighted by Gasteiger charge is 2.21. The molecule has 0 atom stereocenters. The van der Waals surface area contributed by atoms with Crippen LogP contribution in [0.25, 0.3) is 9.88 Å². The summed E-state index contributed by atoms with van der Waals surface area (Å²) >= 11 is 2.99. The summed E-state index contributed by atoms with van der Waals surface area (Å²) in [5.74, 6) is 0. The molecule has 0 fully saturated rings. The van der Waals surface area contributed by atoms with E-state index >= 15 is 0 Å². The van der Waals surface area contributed by atoms with Crippen molar-refractivity contribution in [2.75, 3.05) is 0 Å². The van der Waals surface area contributed by atoms with Crippen molar-refractivity contribution < 1.29 is 8.42 Å². The van der Waals surface area contributed by atoms with E-state index in [1.165, 1.54) is 22.7 Å². The second kappa shape index (κ2) is 6.76. The molecule has 0 spiro atoms. The molecule has 0 aliphatic rings. The van der Waals surface area contributed by atoms with Gasteiger partial charge in [0.05, 0.1) is 9.77 Å². The SMILES string of the molecule is Cc1ccc(CNS(=O)(=O)c2cc(-c3nc(C)cs3)sc2C)cc1. The monoisotopic (exact) mass is 378 g/mol. The highest BCUT2D eigenvalue weighted by molar-refractivity contribution is 7.89. The summed E-state index contributed by atoms with van der Waals surface area (Å²) in [4.78, 5) is 6.43. The summed E-state index contributed by atoms with van der Waals surface area (Å²) < 4.78 is 27.9. The number of sulfonamides is 1. The maximum absolute atomic E-state index is 12.6. The minimum Gasteiger partial charge on any atom is -0.241 e. The molecule has 1 aromatic carbocycles. The molecule has 0 saturated carbocycles. The first kappa shape index (κ1) is 17.3. The van der Waals surface area contributed by atoms with Crippen LogP contribution in [0, 0.1) is 20.8 Å². The molecule has 2 heterocycles. The summed E-state index contributed by atoms with van der Waals surface area (Å²) in [6.45, 7) is 6.05. The third-order valence-electron chi connectivity index (χ3n) is 3.58. The number of thiophene rings is 1. The summed E-state index contributed by atoms with van der Waals surface area (Å²) in [6.07, 6.45) is 0. The number of rotatable bonds is 5. The van der Waals surface area contributed by atoms with Crippen LogP contribution >= 0.6 is 22.7 Å². The molecule has 0 aliphatic carbocycles. The molecule has 7 heteroatoms. The minimum absolute atomic E-state index is 0.281. The van der Waals surface area contributed by atoms with Gasteiger partial charge in [-0.2, -0.15) is 0 Å². The number of hydrogen-bond acceptors (Lipinski definition) is 5. The normalized spacial score (nSPS) is 11.8. The van der Waals surface area contributed by atoms with Crippen molar-refractivity contribution in [1.29, 1.82) is 0 Å². The fourth-order valence-corrected chi connectivity index (χ4v) is 5.73. The van der Waals surface area contributed by atoms with Gasteiger partial charge < -0.3 is 0 Å². The predicted octanol–water partition coefficient (Wildman–Crippen LogP) is 4.28. The van der Waals surface area contributed by atoms with Crippen molar-refractivity contribution in [3.8, 4) is 9.88 Å². The molecule has 0 unspecified atom stereocenters. The number of aryl methyl sites for hydroxylation is 3. The Morgan fingerprint density at radius 3 is 2.46 bits per heavy atom. The number of aromatic nitrogens is 1. The summed E-state index contributed by atoms with van der Waals surface area (Å²) in [7, 11) is -3.54. The van der Waals surface area contributed by atoms with Gasteiger partial charge >= 0.3 is 0 Å². The molecule has 3 aromatic rings. The van der Waals surface area contributed by atoms with E-state index in [0.717, 1.165) is 31.6 Å². The van der Waals surface area contributed by atoms with E-state index in [1.54, 1.807) is 6.07 Å². The Labute approximate surface area is 150 Å². The van der Waals surface area contributed by atoms with Gasteiger partial charge in [0, 0.05) is 22.5 Å². The fourth-order valence-electron chi connectivity index (χ4n) is 2.27. The molecule has 4 nitrogen and oxygen atoms in total. The fraction of sp³-hybridized carbons (Fsp3) is 0.235. The van der Waals surface area contributed by atoms with Gasteiger partial charge in [-0.25, -0.2) is 18.1 Å². The molecular formula is C17H18N2O2S3. The molecule has 24 heavy (non-hydrogen) atoms. The average molecular weight is 379 g/mol. The molecule has 0 amide bonds. The zero-order chi connectivity index (χ0) is 17.3. The first-order valence-corrected chi connectivity index (χ1v) is 10.6. The second-order valence-corrected chi connectivity index (χ2v) is 9.49. The van der Waals surface area contributed by atoms with E-state index < -0.39 is 10.0 Å². The topological polar surface area (TPSA) is 59.1 Å². The third-order valence-corrected chi connectivity index (χ3v) is 7.41. The van der Waals surface area contributed by atoms with Gasteiger partial charge in [0.15, 0.2) is 0 Å². The average Bonchev–Trinajstić information content (AvgIpc) is 3.13. The lowest BCUT2D eigenvalue weighted by molar-refractivity contribution is 0.581. The van der Waals surface area contributed by atoms with E-state index in [-0.39, 0.29) is 6.54 Å². The second-order valence-electron chi connectivity index (χ2n) is 5.64. The van der Waals surface area contributed by atoms with Crippen LogP contribution < -0.4 is 4.72 Å². The van der Waals surface area contributed by atoms with Gasteiger partial charge in [-0.15, -0.1) is 22.7 Å². The Morgan fingerprint density at radius 1 is 1.12 bits per heavy atom. The first-order chi connectivity index (χ1) is 11.3. The molecule has 0 aliphatic heterocycles. The zero-order valence-corrected chi connectivity index (χ0v) is 16.1. The van der Waals surface area contributed by atoms with Crippen LogP contribution in [0.2, 0.25) is 0 Å². The minimum atomic E-state index is -3.54. The van der Waals surface area contributed by atoms with E-state index in [4.69, 9.17) is 0 Å². The Bertz CT molecular complexity index is 954. The number of benzene rings is 1. The molecule has 1 N–H and O–H groups in total.